The number of aromatic amines is 1. The molecule has 0 spiro atoms. The molecule has 0 fully saturated rings. The molecule has 0 radical (unpaired) electrons. The third-order valence-electron chi connectivity index (χ3n) is 5.87. The molecule has 3 aromatic rings. The number of amides is 4. The van der Waals surface area contributed by atoms with Crippen LogP contribution in [0.25, 0.3) is 10.9 Å². The summed E-state index contributed by atoms with van der Waals surface area (Å²) in [5.41, 5.74) is 12.7. The summed E-state index contributed by atoms with van der Waals surface area (Å²) >= 11 is 0. The third-order valence-corrected chi connectivity index (χ3v) is 5.87. The van der Waals surface area contributed by atoms with Gasteiger partial charge in [-0.2, -0.15) is 0 Å². The lowest BCUT2D eigenvalue weighted by atomic mass is 10.0. The van der Waals surface area contributed by atoms with Crippen LogP contribution in [0.2, 0.25) is 0 Å². The average molecular weight is 523 g/mol. The lowest BCUT2D eigenvalue weighted by molar-refractivity contribution is -0.142. The summed E-state index contributed by atoms with van der Waals surface area (Å²) in [4.78, 5) is 64.7. The number of primary amides is 1. The van der Waals surface area contributed by atoms with Crippen molar-refractivity contribution in [3.63, 3.8) is 0 Å². The van der Waals surface area contributed by atoms with E-state index in [0.717, 1.165) is 10.9 Å². The van der Waals surface area contributed by atoms with Gasteiger partial charge in [0.15, 0.2) is 0 Å². The van der Waals surface area contributed by atoms with Crippen LogP contribution in [0.5, 0.6) is 0 Å². The van der Waals surface area contributed by atoms with E-state index < -0.39 is 60.7 Å². The Kier molecular flexibility index (Phi) is 9.54. The van der Waals surface area contributed by atoms with E-state index in [1.807, 2.05) is 24.3 Å². The first kappa shape index (κ1) is 27.9. The van der Waals surface area contributed by atoms with Crippen molar-refractivity contribution in [2.24, 2.45) is 11.5 Å². The van der Waals surface area contributed by atoms with E-state index in [1.54, 1.807) is 36.5 Å². The van der Waals surface area contributed by atoms with Crippen LogP contribution in [0, 0.1) is 0 Å². The van der Waals surface area contributed by atoms with E-state index in [-0.39, 0.29) is 12.8 Å². The number of hydrogen-bond acceptors (Lipinski definition) is 6. The first-order chi connectivity index (χ1) is 18.2. The zero-order valence-electron chi connectivity index (χ0n) is 20.5. The number of carbonyl (C=O) groups is 5. The maximum atomic E-state index is 13.3. The van der Waals surface area contributed by atoms with Crippen LogP contribution in [0.1, 0.15) is 17.5 Å². The van der Waals surface area contributed by atoms with Crippen molar-refractivity contribution in [3.05, 3.63) is 71.9 Å². The topological polar surface area (TPSA) is 209 Å². The number of nitrogens with one attached hydrogen (secondary N) is 4. The van der Waals surface area contributed by atoms with Crippen molar-refractivity contribution in [1.82, 2.24) is 20.9 Å². The number of aliphatic carboxylic acids is 1. The van der Waals surface area contributed by atoms with Gasteiger partial charge in [-0.3, -0.25) is 19.2 Å². The van der Waals surface area contributed by atoms with E-state index >= 15 is 0 Å². The van der Waals surface area contributed by atoms with Crippen molar-refractivity contribution in [1.29, 1.82) is 0 Å². The molecule has 12 nitrogen and oxygen atoms in total. The number of H-pyrrole nitrogens is 1. The second-order valence-electron chi connectivity index (χ2n) is 8.71. The summed E-state index contributed by atoms with van der Waals surface area (Å²) in [5, 5.41) is 18.0. The van der Waals surface area contributed by atoms with Crippen molar-refractivity contribution >= 4 is 40.5 Å². The molecule has 38 heavy (non-hydrogen) atoms. The largest absolute Gasteiger partial charge is 0.480 e. The summed E-state index contributed by atoms with van der Waals surface area (Å²) in [6.45, 7) is -0.426. The van der Waals surface area contributed by atoms with E-state index in [1.165, 1.54) is 0 Å². The van der Waals surface area contributed by atoms with Crippen LogP contribution in [-0.4, -0.2) is 64.4 Å². The first-order valence-corrected chi connectivity index (χ1v) is 11.9. The van der Waals surface area contributed by atoms with Gasteiger partial charge in [-0.05, 0) is 17.2 Å². The number of carbonyl (C=O) groups excluding carboxylic acids is 4. The second kappa shape index (κ2) is 13.0. The van der Waals surface area contributed by atoms with E-state index in [9.17, 15) is 29.1 Å². The number of para-hydroxylation sites is 1. The molecule has 0 bridgehead atoms. The highest BCUT2D eigenvalue weighted by atomic mass is 16.4. The van der Waals surface area contributed by atoms with Gasteiger partial charge in [-0.25, -0.2) is 4.79 Å². The van der Waals surface area contributed by atoms with Crippen LogP contribution in [0.15, 0.2) is 60.8 Å². The van der Waals surface area contributed by atoms with E-state index in [2.05, 4.69) is 20.9 Å². The highest BCUT2D eigenvalue weighted by Gasteiger charge is 2.30. The summed E-state index contributed by atoms with van der Waals surface area (Å²) in [6.07, 6.45) is 1.18. The molecule has 0 aliphatic heterocycles. The molecule has 2 aromatic carbocycles. The first-order valence-electron chi connectivity index (χ1n) is 11.9. The molecule has 3 unspecified atom stereocenters. The van der Waals surface area contributed by atoms with Gasteiger partial charge in [-0.15, -0.1) is 0 Å². The number of carboxylic acid groups (broad SMARTS) is 1. The molecule has 4 amide bonds. The normalized spacial score (nSPS) is 13.2. The summed E-state index contributed by atoms with van der Waals surface area (Å²) < 4.78 is 0. The highest BCUT2D eigenvalue weighted by molar-refractivity contribution is 5.96. The smallest absolute Gasteiger partial charge is 0.326 e. The monoisotopic (exact) mass is 522 g/mol. The number of carboxylic acids is 1. The van der Waals surface area contributed by atoms with E-state index in [4.69, 9.17) is 11.5 Å². The summed E-state index contributed by atoms with van der Waals surface area (Å²) in [5.74, 6) is -4.39. The lowest BCUT2D eigenvalue weighted by Crippen LogP contribution is -2.57. The molecular weight excluding hydrogens is 492 g/mol. The number of benzene rings is 2. The molecule has 1 aromatic heterocycles. The van der Waals surface area contributed by atoms with Gasteiger partial charge in [0.25, 0.3) is 0 Å². The molecule has 0 aliphatic carbocycles. The van der Waals surface area contributed by atoms with Gasteiger partial charge in [0.1, 0.15) is 18.1 Å². The minimum absolute atomic E-state index is 0.00600. The van der Waals surface area contributed by atoms with Crippen molar-refractivity contribution in [2.75, 3.05) is 6.54 Å². The Bertz CT molecular complexity index is 1310. The lowest BCUT2D eigenvalue weighted by Gasteiger charge is -2.24. The van der Waals surface area contributed by atoms with Gasteiger partial charge in [-0.1, -0.05) is 48.5 Å². The molecule has 9 N–H and O–H groups in total. The van der Waals surface area contributed by atoms with Crippen molar-refractivity contribution in [3.8, 4) is 0 Å². The number of rotatable bonds is 13. The maximum Gasteiger partial charge on any atom is 0.326 e. The predicted octanol–water partition coefficient (Wildman–Crippen LogP) is -0.674. The number of nitrogens with two attached hydrogens (primary N) is 2. The van der Waals surface area contributed by atoms with Crippen LogP contribution >= 0.6 is 0 Å². The Hall–Kier alpha value is -4.71. The van der Waals surface area contributed by atoms with Crippen LogP contribution in [0.4, 0.5) is 0 Å². The fourth-order valence-electron chi connectivity index (χ4n) is 3.99. The molecule has 0 saturated heterocycles. The zero-order chi connectivity index (χ0) is 27.7. The van der Waals surface area contributed by atoms with Gasteiger partial charge < -0.3 is 37.5 Å². The fourth-order valence-corrected chi connectivity index (χ4v) is 3.99. The summed E-state index contributed by atoms with van der Waals surface area (Å²) in [6, 6.07) is 12.2. The molecule has 3 atom stereocenters. The van der Waals surface area contributed by atoms with Crippen molar-refractivity contribution in [2.45, 2.75) is 37.4 Å². The third kappa shape index (κ3) is 7.64. The van der Waals surface area contributed by atoms with Gasteiger partial charge in [0, 0.05) is 29.9 Å². The Morgan fingerprint density at radius 2 is 1.45 bits per heavy atom. The molecule has 0 aliphatic rings. The minimum Gasteiger partial charge on any atom is -0.480 e. The van der Waals surface area contributed by atoms with E-state index in [0.29, 0.717) is 11.1 Å². The van der Waals surface area contributed by atoms with Crippen LogP contribution in [-0.2, 0) is 36.8 Å². The zero-order valence-corrected chi connectivity index (χ0v) is 20.5. The Morgan fingerprint density at radius 1 is 0.816 bits per heavy atom. The number of hydrogen-bond donors (Lipinski definition) is 7. The molecule has 1 heterocycles. The van der Waals surface area contributed by atoms with Crippen LogP contribution < -0.4 is 27.4 Å². The van der Waals surface area contributed by atoms with Gasteiger partial charge >= 0.3 is 5.97 Å². The highest BCUT2D eigenvalue weighted by Crippen LogP contribution is 2.19. The second-order valence-corrected chi connectivity index (χ2v) is 8.71. The molecule has 0 saturated carbocycles. The average Bonchev–Trinajstić information content (AvgIpc) is 3.30. The van der Waals surface area contributed by atoms with Crippen LogP contribution in [0.3, 0.4) is 0 Å². The molecular formula is C26H30N6O6. The summed E-state index contributed by atoms with van der Waals surface area (Å²) in [7, 11) is 0. The molecule has 12 heteroatoms. The Labute approximate surface area is 218 Å². The number of fused-ring (bicyclic) bond motifs is 1. The minimum atomic E-state index is -1.36. The quantitative estimate of drug-likeness (QED) is 0.154. The maximum absolute atomic E-state index is 13.3. The predicted molar refractivity (Wildman–Crippen MR) is 138 cm³/mol. The molecule has 3 rings (SSSR count). The Morgan fingerprint density at radius 3 is 2.11 bits per heavy atom. The fraction of sp³-hybridized carbons (Fsp3) is 0.269. The standard InChI is InChI=1S/C26H30N6O6/c27-13-23(34)30-20(12-22(28)33)25(36)31-19(10-15-6-2-1-3-7-15)24(35)32-21(26(37)38)11-16-14-29-18-9-5-4-8-17(16)18/h1-9,14,19-21,29H,10-13,27H2,(H2,28,33)(H,30,34)(H,31,36)(H,32,35)(H,37,38). The van der Waals surface area contributed by atoms with Gasteiger partial charge in [0.05, 0.1) is 13.0 Å². The Balaban J connectivity index is 1.81. The van der Waals surface area contributed by atoms with Gasteiger partial charge in [0.2, 0.25) is 23.6 Å². The molecule has 200 valence electrons. The number of aromatic nitrogens is 1. The SMILES string of the molecule is NCC(=O)NC(CC(N)=O)C(=O)NC(Cc1ccccc1)C(=O)NC(Cc1c[nH]c2ccccc12)C(=O)O. The van der Waals surface area contributed by atoms with Crippen molar-refractivity contribution < 1.29 is 29.1 Å².